The monoisotopic (exact) mass is 376 g/mol. The van der Waals surface area contributed by atoms with E-state index in [2.05, 4.69) is 14.7 Å². The number of nitro groups is 1. The van der Waals surface area contributed by atoms with Crippen molar-refractivity contribution >= 4 is 26.7 Å². The maximum Gasteiger partial charge on any atom is 0.314 e. The number of nitrogens with one attached hydrogen (secondary N) is 3. The van der Waals surface area contributed by atoms with Gasteiger partial charge in [0, 0.05) is 12.6 Å². The zero-order valence-corrected chi connectivity index (χ0v) is 13.9. The van der Waals surface area contributed by atoms with Crippen molar-refractivity contribution < 1.29 is 13.3 Å². The molecule has 0 saturated heterocycles. The minimum absolute atomic E-state index is 0.0414. The van der Waals surface area contributed by atoms with Gasteiger partial charge in [0.2, 0.25) is 10.0 Å². The van der Waals surface area contributed by atoms with E-state index in [1.54, 1.807) is 30.3 Å². The third kappa shape index (κ3) is 3.38. The molecule has 26 heavy (non-hydrogen) atoms. The molecule has 0 radical (unpaired) electrons. The van der Waals surface area contributed by atoms with Crippen molar-refractivity contribution in [2.24, 2.45) is 0 Å². The second-order valence-corrected chi connectivity index (χ2v) is 7.08. The van der Waals surface area contributed by atoms with Crippen LogP contribution in [0.4, 0.5) is 5.69 Å². The highest BCUT2D eigenvalue weighted by atomic mass is 32.2. The number of rotatable bonds is 5. The molecular formula is C15H12N4O6S. The molecule has 2 aromatic carbocycles. The van der Waals surface area contributed by atoms with Gasteiger partial charge in [0.05, 0.1) is 16.0 Å². The van der Waals surface area contributed by atoms with E-state index in [9.17, 15) is 28.1 Å². The molecule has 1 aromatic heterocycles. The summed E-state index contributed by atoms with van der Waals surface area (Å²) in [5, 5.41) is 11.3. The SMILES string of the molecule is O=c1[nH]c2cc([N+](=O)[O-])c(S(=O)(=O)NCc3ccccc3)cc2[nH]c1=O. The molecule has 0 spiro atoms. The highest BCUT2D eigenvalue weighted by molar-refractivity contribution is 7.89. The van der Waals surface area contributed by atoms with E-state index in [1.807, 2.05) is 0 Å². The Labute approximate surface area is 145 Å². The minimum Gasteiger partial charge on any atom is -0.316 e. The molecule has 3 aromatic rings. The third-order valence-corrected chi connectivity index (χ3v) is 5.03. The van der Waals surface area contributed by atoms with Crippen LogP contribution in [0.2, 0.25) is 0 Å². The molecule has 134 valence electrons. The van der Waals surface area contributed by atoms with E-state index in [0.29, 0.717) is 5.56 Å². The van der Waals surface area contributed by atoms with Crippen LogP contribution in [0, 0.1) is 10.1 Å². The predicted molar refractivity (Wildman–Crippen MR) is 92.3 cm³/mol. The van der Waals surface area contributed by atoms with Gasteiger partial charge in [-0.25, -0.2) is 13.1 Å². The average molecular weight is 376 g/mol. The van der Waals surface area contributed by atoms with E-state index in [-0.39, 0.29) is 17.6 Å². The van der Waals surface area contributed by atoms with Crippen LogP contribution >= 0.6 is 0 Å². The van der Waals surface area contributed by atoms with E-state index in [4.69, 9.17) is 0 Å². The molecule has 3 N–H and O–H groups in total. The van der Waals surface area contributed by atoms with Crippen LogP contribution in [0.5, 0.6) is 0 Å². The normalized spacial score (nSPS) is 11.5. The molecule has 0 unspecified atom stereocenters. The van der Waals surface area contributed by atoms with Crippen LogP contribution in [0.1, 0.15) is 5.56 Å². The van der Waals surface area contributed by atoms with Crippen molar-refractivity contribution in [3.8, 4) is 0 Å². The Morgan fingerprint density at radius 2 is 1.58 bits per heavy atom. The number of sulfonamides is 1. The molecule has 0 aliphatic heterocycles. The molecule has 0 aliphatic rings. The highest BCUT2D eigenvalue weighted by Gasteiger charge is 2.27. The second kappa shape index (κ2) is 6.54. The summed E-state index contributed by atoms with van der Waals surface area (Å²) < 4.78 is 27.4. The molecule has 10 nitrogen and oxygen atoms in total. The Kier molecular flexibility index (Phi) is 4.40. The van der Waals surface area contributed by atoms with Crippen LogP contribution in [-0.2, 0) is 16.6 Å². The zero-order chi connectivity index (χ0) is 18.9. The average Bonchev–Trinajstić information content (AvgIpc) is 2.61. The summed E-state index contributed by atoms with van der Waals surface area (Å²) >= 11 is 0. The number of hydrogen-bond donors (Lipinski definition) is 3. The number of aromatic amines is 2. The number of aromatic nitrogens is 2. The fourth-order valence-electron chi connectivity index (χ4n) is 2.34. The smallest absolute Gasteiger partial charge is 0.314 e. The number of nitro benzene ring substituents is 1. The quantitative estimate of drug-likeness (QED) is 0.336. The lowest BCUT2D eigenvalue weighted by Crippen LogP contribution is -2.29. The molecule has 0 amide bonds. The standard InChI is InChI=1S/C15H12N4O6S/c20-14-15(21)18-11-7-13(12(19(22)23)6-10(11)17-14)26(24,25)16-8-9-4-2-1-3-5-9/h1-7,16H,8H2,(H,17,20)(H,18,21). The summed E-state index contributed by atoms with van der Waals surface area (Å²) in [6.07, 6.45) is 0. The van der Waals surface area contributed by atoms with Crippen molar-refractivity contribution in [1.82, 2.24) is 14.7 Å². The van der Waals surface area contributed by atoms with Gasteiger partial charge in [-0.3, -0.25) is 19.7 Å². The molecular weight excluding hydrogens is 364 g/mol. The maximum atomic E-state index is 12.5. The van der Waals surface area contributed by atoms with Crippen molar-refractivity contribution in [3.05, 3.63) is 78.8 Å². The summed E-state index contributed by atoms with van der Waals surface area (Å²) in [6, 6.07) is 10.4. The zero-order valence-electron chi connectivity index (χ0n) is 13.1. The molecule has 0 bridgehead atoms. The van der Waals surface area contributed by atoms with Crippen molar-refractivity contribution in [3.63, 3.8) is 0 Å². The van der Waals surface area contributed by atoms with Crippen molar-refractivity contribution in [2.45, 2.75) is 11.4 Å². The molecule has 0 atom stereocenters. The summed E-state index contributed by atoms with van der Waals surface area (Å²) in [5.41, 5.74) is -2.14. The summed E-state index contributed by atoms with van der Waals surface area (Å²) in [6.45, 7) is -0.0689. The van der Waals surface area contributed by atoms with Gasteiger partial charge >= 0.3 is 11.1 Å². The first-order valence-corrected chi connectivity index (χ1v) is 8.74. The van der Waals surface area contributed by atoms with E-state index in [0.717, 1.165) is 12.1 Å². The van der Waals surface area contributed by atoms with Crippen molar-refractivity contribution in [1.29, 1.82) is 0 Å². The van der Waals surface area contributed by atoms with Gasteiger partial charge in [-0.15, -0.1) is 0 Å². The lowest BCUT2D eigenvalue weighted by Gasteiger charge is -2.08. The highest BCUT2D eigenvalue weighted by Crippen LogP contribution is 2.27. The van der Waals surface area contributed by atoms with Crippen molar-refractivity contribution in [2.75, 3.05) is 0 Å². The van der Waals surface area contributed by atoms with Gasteiger partial charge in [-0.2, -0.15) is 0 Å². The number of H-pyrrole nitrogens is 2. The number of nitrogens with zero attached hydrogens (tertiary/aromatic N) is 1. The number of benzene rings is 2. The number of hydrogen-bond acceptors (Lipinski definition) is 6. The molecule has 0 aliphatic carbocycles. The maximum absolute atomic E-state index is 12.5. The first kappa shape index (κ1) is 17.5. The summed E-state index contributed by atoms with van der Waals surface area (Å²) in [7, 11) is -4.25. The Morgan fingerprint density at radius 3 is 2.15 bits per heavy atom. The van der Waals surface area contributed by atoms with Crippen LogP contribution in [-0.4, -0.2) is 23.3 Å². The van der Waals surface area contributed by atoms with Gasteiger partial charge in [0.15, 0.2) is 4.90 Å². The Hall–Kier alpha value is -3.31. The van der Waals surface area contributed by atoms with E-state index in [1.165, 1.54) is 0 Å². The van der Waals surface area contributed by atoms with Crippen LogP contribution in [0.3, 0.4) is 0 Å². The lowest BCUT2D eigenvalue weighted by molar-refractivity contribution is -0.387. The van der Waals surface area contributed by atoms with Gasteiger partial charge in [0.25, 0.3) is 5.69 Å². The summed E-state index contributed by atoms with van der Waals surface area (Å²) in [4.78, 5) is 36.9. The first-order chi connectivity index (χ1) is 12.3. The topological polar surface area (TPSA) is 155 Å². The minimum atomic E-state index is -4.25. The van der Waals surface area contributed by atoms with Crippen LogP contribution in [0.15, 0.2) is 56.9 Å². The van der Waals surface area contributed by atoms with Crippen LogP contribution < -0.4 is 15.8 Å². The third-order valence-electron chi connectivity index (χ3n) is 3.60. The summed E-state index contributed by atoms with van der Waals surface area (Å²) in [5.74, 6) is 0. The number of fused-ring (bicyclic) bond motifs is 1. The largest absolute Gasteiger partial charge is 0.316 e. The second-order valence-electron chi connectivity index (χ2n) is 5.34. The molecule has 1 heterocycles. The lowest BCUT2D eigenvalue weighted by atomic mass is 10.2. The fraction of sp³-hybridized carbons (Fsp3) is 0.0667. The van der Waals surface area contributed by atoms with Crippen LogP contribution in [0.25, 0.3) is 11.0 Å². The Bertz CT molecular complexity index is 1210. The molecule has 3 rings (SSSR count). The first-order valence-electron chi connectivity index (χ1n) is 7.26. The predicted octanol–water partition coefficient (Wildman–Crippen LogP) is 0.603. The molecule has 0 fully saturated rings. The molecule has 0 saturated carbocycles. The van der Waals surface area contributed by atoms with E-state index >= 15 is 0 Å². The van der Waals surface area contributed by atoms with Gasteiger partial charge < -0.3 is 9.97 Å². The van der Waals surface area contributed by atoms with Gasteiger partial charge in [0.1, 0.15) is 0 Å². The fourth-order valence-corrected chi connectivity index (χ4v) is 3.54. The van der Waals surface area contributed by atoms with E-state index < -0.39 is 36.6 Å². The Balaban J connectivity index is 2.10. The Morgan fingerprint density at radius 1 is 1.00 bits per heavy atom. The van der Waals surface area contributed by atoms with Gasteiger partial charge in [-0.05, 0) is 11.6 Å². The van der Waals surface area contributed by atoms with Gasteiger partial charge in [-0.1, -0.05) is 30.3 Å². The molecule has 11 heteroatoms.